The molecule has 1 aromatic rings. The number of aliphatic hydroxyl groups is 1. The monoisotopic (exact) mass is 293 g/mol. The van der Waals surface area contributed by atoms with E-state index in [1.54, 1.807) is 12.1 Å². The van der Waals surface area contributed by atoms with Gasteiger partial charge in [0.25, 0.3) is 5.91 Å². The molecule has 2 heterocycles. The van der Waals surface area contributed by atoms with E-state index in [0.29, 0.717) is 30.6 Å². The molecule has 1 aromatic heterocycles. The van der Waals surface area contributed by atoms with Crippen molar-refractivity contribution in [3.8, 4) is 0 Å². The first-order chi connectivity index (χ1) is 10.2. The maximum Gasteiger partial charge on any atom is 0.271 e. The second-order valence-corrected chi connectivity index (χ2v) is 5.10. The van der Waals surface area contributed by atoms with Gasteiger partial charge in [-0.15, -0.1) is 10.2 Å². The van der Waals surface area contributed by atoms with E-state index < -0.39 is 0 Å². The van der Waals surface area contributed by atoms with Crippen LogP contribution < -0.4 is 15.5 Å². The first kappa shape index (κ1) is 15.7. The molecule has 0 aromatic carbocycles. The number of hydrogen-bond donors (Lipinski definition) is 3. The van der Waals surface area contributed by atoms with Gasteiger partial charge >= 0.3 is 0 Å². The minimum absolute atomic E-state index is 0.0620. The number of amides is 1. The molecule has 21 heavy (non-hydrogen) atoms. The highest BCUT2D eigenvalue weighted by Crippen LogP contribution is 2.13. The number of nitrogens with one attached hydrogen (secondary N) is 2. The Labute approximate surface area is 124 Å². The molecular weight excluding hydrogens is 270 g/mol. The SMILES string of the molecule is CCNC(=O)c1ccc(N(CCO)CC2CCCN2)nn1. The molecular formula is C14H23N5O2. The van der Waals surface area contributed by atoms with Crippen LogP contribution in [0.25, 0.3) is 0 Å². The maximum absolute atomic E-state index is 11.7. The molecule has 0 bridgehead atoms. The maximum atomic E-state index is 11.7. The van der Waals surface area contributed by atoms with Gasteiger partial charge in [0.2, 0.25) is 0 Å². The van der Waals surface area contributed by atoms with Crippen LogP contribution in [0, 0.1) is 0 Å². The third kappa shape index (κ3) is 4.37. The molecule has 1 unspecified atom stereocenters. The zero-order valence-corrected chi connectivity index (χ0v) is 12.4. The van der Waals surface area contributed by atoms with Crippen molar-refractivity contribution in [1.29, 1.82) is 0 Å². The minimum atomic E-state index is -0.220. The number of aromatic nitrogens is 2. The van der Waals surface area contributed by atoms with Crippen LogP contribution in [-0.2, 0) is 0 Å². The Morgan fingerprint density at radius 3 is 2.95 bits per heavy atom. The number of nitrogens with zero attached hydrogens (tertiary/aromatic N) is 3. The Morgan fingerprint density at radius 1 is 1.52 bits per heavy atom. The van der Waals surface area contributed by atoms with Crippen molar-refractivity contribution in [2.45, 2.75) is 25.8 Å². The molecule has 1 fully saturated rings. The lowest BCUT2D eigenvalue weighted by Gasteiger charge is -2.25. The molecule has 1 atom stereocenters. The van der Waals surface area contributed by atoms with Crippen molar-refractivity contribution in [2.75, 3.05) is 37.7 Å². The zero-order chi connectivity index (χ0) is 15.1. The van der Waals surface area contributed by atoms with E-state index in [0.717, 1.165) is 19.5 Å². The molecule has 2 rings (SSSR count). The fourth-order valence-electron chi connectivity index (χ4n) is 2.46. The summed E-state index contributed by atoms with van der Waals surface area (Å²) in [5.74, 6) is 0.466. The number of hydrogen-bond acceptors (Lipinski definition) is 6. The lowest BCUT2D eigenvalue weighted by molar-refractivity contribution is 0.0950. The molecule has 1 amide bonds. The number of anilines is 1. The number of aliphatic hydroxyl groups excluding tert-OH is 1. The van der Waals surface area contributed by atoms with Crippen molar-refractivity contribution in [3.05, 3.63) is 17.8 Å². The lowest BCUT2D eigenvalue weighted by atomic mass is 10.2. The summed E-state index contributed by atoms with van der Waals surface area (Å²) in [6.45, 7) is 4.82. The molecule has 3 N–H and O–H groups in total. The standard InChI is InChI=1S/C14H23N5O2/c1-2-15-14(21)12-5-6-13(18-17-12)19(8-9-20)10-11-4-3-7-16-11/h5-6,11,16,20H,2-4,7-10H2,1H3,(H,15,21). The van der Waals surface area contributed by atoms with Gasteiger partial charge in [-0.2, -0.15) is 0 Å². The lowest BCUT2D eigenvalue weighted by Crippen LogP contribution is -2.39. The van der Waals surface area contributed by atoms with Gasteiger partial charge < -0.3 is 20.6 Å². The highest BCUT2D eigenvalue weighted by Gasteiger charge is 2.19. The summed E-state index contributed by atoms with van der Waals surface area (Å²) in [4.78, 5) is 13.7. The molecule has 1 aliphatic rings. The number of rotatable bonds is 7. The summed E-state index contributed by atoms with van der Waals surface area (Å²) in [6.07, 6.45) is 2.31. The molecule has 0 spiro atoms. The largest absolute Gasteiger partial charge is 0.395 e. The van der Waals surface area contributed by atoms with E-state index in [1.807, 2.05) is 11.8 Å². The first-order valence-electron chi connectivity index (χ1n) is 7.45. The minimum Gasteiger partial charge on any atom is -0.395 e. The van der Waals surface area contributed by atoms with Crippen molar-refractivity contribution < 1.29 is 9.90 Å². The fourth-order valence-corrected chi connectivity index (χ4v) is 2.46. The summed E-state index contributed by atoms with van der Waals surface area (Å²) in [5.41, 5.74) is 0.309. The first-order valence-corrected chi connectivity index (χ1v) is 7.45. The number of carbonyl (C=O) groups is 1. The molecule has 7 heteroatoms. The van der Waals surface area contributed by atoms with Crippen LogP contribution in [0.15, 0.2) is 12.1 Å². The quantitative estimate of drug-likeness (QED) is 0.644. The molecule has 1 aliphatic heterocycles. The summed E-state index contributed by atoms with van der Waals surface area (Å²) in [7, 11) is 0. The Hall–Kier alpha value is -1.73. The van der Waals surface area contributed by atoms with E-state index in [2.05, 4.69) is 20.8 Å². The van der Waals surface area contributed by atoms with Crippen LogP contribution in [0.5, 0.6) is 0 Å². The van der Waals surface area contributed by atoms with Crippen molar-refractivity contribution in [3.63, 3.8) is 0 Å². The van der Waals surface area contributed by atoms with Gasteiger partial charge in [0.1, 0.15) is 0 Å². The summed E-state index contributed by atoms with van der Waals surface area (Å²) in [5, 5.41) is 23.4. The van der Waals surface area contributed by atoms with Crippen molar-refractivity contribution in [1.82, 2.24) is 20.8 Å². The molecule has 1 saturated heterocycles. The van der Waals surface area contributed by atoms with E-state index in [-0.39, 0.29) is 12.5 Å². The molecule has 0 saturated carbocycles. The normalized spacial score (nSPS) is 17.7. The second-order valence-electron chi connectivity index (χ2n) is 5.10. The highest BCUT2D eigenvalue weighted by atomic mass is 16.3. The Morgan fingerprint density at radius 2 is 2.38 bits per heavy atom. The van der Waals surface area contributed by atoms with E-state index in [1.165, 1.54) is 6.42 Å². The number of carbonyl (C=O) groups excluding carboxylic acids is 1. The van der Waals surface area contributed by atoms with Gasteiger partial charge in [-0.3, -0.25) is 4.79 Å². The Kier molecular flexibility index (Phi) is 5.89. The third-order valence-corrected chi connectivity index (χ3v) is 3.52. The van der Waals surface area contributed by atoms with Gasteiger partial charge in [-0.25, -0.2) is 0 Å². The topological polar surface area (TPSA) is 90.4 Å². The Bertz CT molecular complexity index is 445. The van der Waals surface area contributed by atoms with E-state index in [9.17, 15) is 9.90 Å². The van der Waals surface area contributed by atoms with Gasteiger partial charge in [0.15, 0.2) is 11.5 Å². The summed E-state index contributed by atoms with van der Waals surface area (Å²) in [6, 6.07) is 3.86. The van der Waals surface area contributed by atoms with Crippen LogP contribution in [-0.4, -0.2) is 60.0 Å². The average Bonchev–Trinajstić information content (AvgIpc) is 3.00. The van der Waals surface area contributed by atoms with Crippen LogP contribution in [0.3, 0.4) is 0 Å². The van der Waals surface area contributed by atoms with Crippen LogP contribution >= 0.6 is 0 Å². The van der Waals surface area contributed by atoms with Crippen LogP contribution in [0.2, 0.25) is 0 Å². The van der Waals surface area contributed by atoms with Gasteiger partial charge in [0.05, 0.1) is 6.61 Å². The average molecular weight is 293 g/mol. The summed E-state index contributed by atoms with van der Waals surface area (Å²) < 4.78 is 0. The zero-order valence-electron chi connectivity index (χ0n) is 12.4. The van der Waals surface area contributed by atoms with Crippen molar-refractivity contribution >= 4 is 11.7 Å². The van der Waals surface area contributed by atoms with Gasteiger partial charge in [-0.05, 0) is 38.4 Å². The van der Waals surface area contributed by atoms with E-state index in [4.69, 9.17) is 0 Å². The smallest absolute Gasteiger partial charge is 0.271 e. The van der Waals surface area contributed by atoms with E-state index >= 15 is 0 Å². The molecule has 0 aliphatic carbocycles. The highest BCUT2D eigenvalue weighted by molar-refractivity contribution is 5.92. The third-order valence-electron chi connectivity index (χ3n) is 3.52. The predicted octanol–water partition coefficient (Wildman–Crippen LogP) is -0.223. The van der Waals surface area contributed by atoms with Gasteiger partial charge in [0, 0.05) is 25.7 Å². The molecule has 116 valence electrons. The van der Waals surface area contributed by atoms with Crippen LogP contribution in [0.4, 0.5) is 5.82 Å². The second kappa shape index (κ2) is 7.90. The molecule has 7 nitrogen and oxygen atoms in total. The Balaban J connectivity index is 2.03. The van der Waals surface area contributed by atoms with Crippen molar-refractivity contribution in [2.24, 2.45) is 0 Å². The fraction of sp³-hybridized carbons (Fsp3) is 0.643. The summed E-state index contributed by atoms with van der Waals surface area (Å²) >= 11 is 0. The predicted molar refractivity (Wildman–Crippen MR) is 80.4 cm³/mol. The molecule has 0 radical (unpaired) electrons. The van der Waals surface area contributed by atoms with Crippen LogP contribution in [0.1, 0.15) is 30.3 Å². The van der Waals surface area contributed by atoms with Gasteiger partial charge in [-0.1, -0.05) is 0 Å².